The van der Waals surface area contributed by atoms with Crippen LogP contribution in [0.2, 0.25) is 0 Å². The highest BCUT2D eigenvalue weighted by Crippen LogP contribution is 2.21. The van der Waals surface area contributed by atoms with Gasteiger partial charge in [-0.25, -0.2) is 8.42 Å². The Balaban J connectivity index is 1.77. The molecule has 1 atom stereocenters. The van der Waals surface area contributed by atoms with Crippen molar-refractivity contribution in [2.75, 3.05) is 45.9 Å². The van der Waals surface area contributed by atoms with Crippen molar-refractivity contribution in [1.29, 1.82) is 0 Å². The van der Waals surface area contributed by atoms with E-state index in [4.69, 9.17) is 4.74 Å². The average Bonchev–Trinajstić information content (AvgIpc) is 3.21. The van der Waals surface area contributed by atoms with Gasteiger partial charge in [-0.05, 0) is 42.9 Å². The Morgan fingerprint density at radius 2 is 1.93 bits per heavy atom. The third kappa shape index (κ3) is 6.01. The van der Waals surface area contributed by atoms with Gasteiger partial charge in [0.2, 0.25) is 15.9 Å². The summed E-state index contributed by atoms with van der Waals surface area (Å²) < 4.78 is 33.7. The molecule has 2 aliphatic rings. The molecular weight excluding hydrogens is 390 g/mol. The van der Waals surface area contributed by atoms with E-state index in [2.05, 4.69) is 19.2 Å². The molecule has 0 aromatic heterocycles. The summed E-state index contributed by atoms with van der Waals surface area (Å²) in [6.07, 6.45) is 2.50. The predicted molar refractivity (Wildman–Crippen MR) is 112 cm³/mol. The van der Waals surface area contributed by atoms with Crippen molar-refractivity contribution < 1.29 is 17.9 Å². The van der Waals surface area contributed by atoms with Gasteiger partial charge >= 0.3 is 0 Å². The number of sulfonamides is 1. The minimum absolute atomic E-state index is 0.143. The van der Waals surface area contributed by atoms with Crippen LogP contribution in [0.4, 0.5) is 0 Å². The van der Waals surface area contributed by atoms with Gasteiger partial charge in [0.15, 0.2) is 0 Å². The van der Waals surface area contributed by atoms with Crippen LogP contribution >= 0.6 is 0 Å². The van der Waals surface area contributed by atoms with Crippen LogP contribution in [-0.4, -0.2) is 75.5 Å². The maximum absolute atomic E-state index is 13.4. The van der Waals surface area contributed by atoms with Gasteiger partial charge in [0.25, 0.3) is 0 Å². The van der Waals surface area contributed by atoms with Crippen molar-refractivity contribution in [2.45, 2.75) is 44.1 Å². The quantitative estimate of drug-likeness (QED) is 0.685. The Hall–Kier alpha value is -1.48. The van der Waals surface area contributed by atoms with Gasteiger partial charge in [-0.3, -0.25) is 4.79 Å². The summed E-state index contributed by atoms with van der Waals surface area (Å²) in [5.74, 6) is 0.356. The zero-order valence-corrected chi connectivity index (χ0v) is 18.3. The van der Waals surface area contributed by atoms with E-state index in [-0.39, 0.29) is 30.0 Å². The third-order valence-electron chi connectivity index (χ3n) is 5.42. The summed E-state index contributed by atoms with van der Waals surface area (Å²) >= 11 is 0. The van der Waals surface area contributed by atoms with Crippen LogP contribution in [0.15, 0.2) is 29.2 Å². The fourth-order valence-corrected chi connectivity index (χ4v) is 5.27. The van der Waals surface area contributed by atoms with Gasteiger partial charge in [0.05, 0.1) is 17.5 Å². The summed E-state index contributed by atoms with van der Waals surface area (Å²) in [4.78, 5) is 14.8. The fourth-order valence-electron chi connectivity index (χ4n) is 3.85. The topological polar surface area (TPSA) is 79.0 Å². The summed E-state index contributed by atoms with van der Waals surface area (Å²) in [6, 6.07) is 7.06. The highest BCUT2D eigenvalue weighted by Gasteiger charge is 2.32. The van der Waals surface area contributed by atoms with Crippen molar-refractivity contribution in [2.24, 2.45) is 5.92 Å². The highest BCUT2D eigenvalue weighted by molar-refractivity contribution is 7.89. The molecule has 2 fully saturated rings. The molecule has 1 amide bonds. The number of rotatable bonds is 8. The van der Waals surface area contributed by atoms with Gasteiger partial charge < -0.3 is 15.0 Å². The number of carbonyl (C=O) groups is 1. The number of nitrogens with one attached hydrogen (secondary N) is 1. The molecule has 7 nitrogen and oxygen atoms in total. The van der Waals surface area contributed by atoms with E-state index in [1.807, 2.05) is 12.1 Å². The number of piperazine rings is 1. The zero-order valence-electron chi connectivity index (χ0n) is 17.5. The molecule has 0 radical (unpaired) electrons. The Morgan fingerprint density at radius 3 is 2.52 bits per heavy atom. The second kappa shape index (κ2) is 10.0. The molecule has 1 N–H and O–H groups in total. The van der Waals surface area contributed by atoms with E-state index in [9.17, 15) is 13.2 Å². The standard InChI is InChI=1S/C21H33N3O4S/c1-17(2)14-18-5-7-20(8-6-18)29(26,27)24(15-19-4-3-13-28-19)16-21(25)23-11-9-22-10-12-23/h5-8,17,19,22H,3-4,9-16H2,1-2H3. The van der Waals surface area contributed by atoms with Crippen LogP contribution in [0.25, 0.3) is 0 Å². The van der Waals surface area contributed by atoms with E-state index in [0.717, 1.165) is 37.9 Å². The van der Waals surface area contributed by atoms with Gasteiger partial charge in [0.1, 0.15) is 0 Å². The van der Waals surface area contributed by atoms with Crippen LogP contribution in [0.3, 0.4) is 0 Å². The van der Waals surface area contributed by atoms with Crippen LogP contribution < -0.4 is 5.32 Å². The van der Waals surface area contributed by atoms with E-state index in [0.29, 0.717) is 25.6 Å². The van der Waals surface area contributed by atoms with Crippen molar-refractivity contribution in [3.8, 4) is 0 Å². The summed E-state index contributed by atoms with van der Waals surface area (Å²) in [6.45, 7) is 7.68. The number of benzene rings is 1. The minimum atomic E-state index is -3.78. The lowest BCUT2D eigenvalue weighted by Crippen LogP contribution is -2.51. The van der Waals surface area contributed by atoms with Gasteiger partial charge in [-0.2, -0.15) is 4.31 Å². The number of hydrogen-bond acceptors (Lipinski definition) is 5. The summed E-state index contributed by atoms with van der Waals surface area (Å²) in [5, 5.41) is 3.21. The smallest absolute Gasteiger partial charge is 0.243 e. The first-order valence-corrected chi connectivity index (χ1v) is 12.0. The highest BCUT2D eigenvalue weighted by atomic mass is 32.2. The van der Waals surface area contributed by atoms with Crippen LogP contribution in [-0.2, 0) is 26.0 Å². The number of amides is 1. The van der Waals surface area contributed by atoms with Crippen molar-refractivity contribution in [3.05, 3.63) is 29.8 Å². The number of hydrogen-bond donors (Lipinski definition) is 1. The molecule has 3 rings (SSSR count). The SMILES string of the molecule is CC(C)Cc1ccc(S(=O)(=O)N(CC(=O)N2CCNCC2)CC2CCCO2)cc1. The lowest BCUT2D eigenvalue weighted by Gasteiger charge is -2.31. The molecule has 2 heterocycles. The monoisotopic (exact) mass is 423 g/mol. The summed E-state index contributed by atoms with van der Waals surface area (Å²) in [7, 11) is -3.78. The number of nitrogens with zero attached hydrogens (tertiary/aromatic N) is 2. The molecule has 2 aliphatic heterocycles. The average molecular weight is 424 g/mol. The minimum Gasteiger partial charge on any atom is -0.377 e. The molecule has 0 saturated carbocycles. The first-order chi connectivity index (χ1) is 13.9. The number of ether oxygens (including phenoxy) is 1. The van der Waals surface area contributed by atoms with E-state index in [1.54, 1.807) is 17.0 Å². The maximum atomic E-state index is 13.4. The second-order valence-electron chi connectivity index (χ2n) is 8.31. The maximum Gasteiger partial charge on any atom is 0.243 e. The Labute approximate surface area is 174 Å². The fraction of sp³-hybridized carbons (Fsp3) is 0.667. The van der Waals surface area contributed by atoms with Crippen molar-refractivity contribution in [1.82, 2.24) is 14.5 Å². The zero-order chi connectivity index (χ0) is 20.9. The molecule has 1 aromatic rings. The molecule has 162 valence electrons. The normalized spacial score (nSPS) is 20.6. The number of carbonyl (C=O) groups excluding carboxylic acids is 1. The Bertz CT molecular complexity index is 768. The molecule has 0 bridgehead atoms. The third-order valence-corrected chi connectivity index (χ3v) is 7.24. The van der Waals surface area contributed by atoms with Crippen LogP contribution in [0.1, 0.15) is 32.3 Å². The first kappa shape index (κ1) is 22.2. The Kier molecular flexibility index (Phi) is 7.67. The molecular formula is C21H33N3O4S. The summed E-state index contributed by atoms with van der Waals surface area (Å²) in [5.41, 5.74) is 1.11. The molecule has 1 unspecified atom stereocenters. The first-order valence-electron chi connectivity index (χ1n) is 10.6. The van der Waals surface area contributed by atoms with Gasteiger partial charge in [-0.15, -0.1) is 0 Å². The molecule has 8 heteroatoms. The van der Waals surface area contributed by atoms with E-state index in [1.165, 1.54) is 4.31 Å². The molecule has 1 aromatic carbocycles. The van der Waals surface area contributed by atoms with Gasteiger partial charge in [-0.1, -0.05) is 26.0 Å². The Morgan fingerprint density at radius 1 is 1.24 bits per heavy atom. The van der Waals surface area contributed by atoms with Crippen molar-refractivity contribution >= 4 is 15.9 Å². The van der Waals surface area contributed by atoms with E-state index < -0.39 is 10.0 Å². The molecule has 0 aliphatic carbocycles. The molecule has 2 saturated heterocycles. The van der Waals surface area contributed by atoms with E-state index >= 15 is 0 Å². The predicted octanol–water partition coefficient (Wildman–Crippen LogP) is 1.49. The molecule has 0 spiro atoms. The second-order valence-corrected chi connectivity index (χ2v) is 10.2. The lowest BCUT2D eigenvalue weighted by molar-refractivity contribution is -0.132. The van der Waals surface area contributed by atoms with Crippen LogP contribution in [0, 0.1) is 5.92 Å². The largest absolute Gasteiger partial charge is 0.377 e. The van der Waals surface area contributed by atoms with Gasteiger partial charge in [0, 0.05) is 39.3 Å². The van der Waals surface area contributed by atoms with Crippen molar-refractivity contribution in [3.63, 3.8) is 0 Å². The lowest BCUT2D eigenvalue weighted by atomic mass is 10.0. The molecule has 29 heavy (non-hydrogen) atoms. The van der Waals surface area contributed by atoms with Crippen LogP contribution in [0.5, 0.6) is 0 Å².